The Bertz CT molecular complexity index is 508. The van der Waals surface area contributed by atoms with Crippen molar-refractivity contribution in [2.24, 2.45) is 5.92 Å². The lowest BCUT2D eigenvalue weighted by molar-refractivity contribution is -0.149. The summed E-state index contributed by atoms with van der Waals surface area (Å²) in [6.45, 7) is 4.63. The molecule has 0 radical (unpaired) electrons. The van der Waals surface area contributed by atoms with Crippen LogP contribution < -0.4 is 0 Å². The summed E-state index contributed by atoms with van der Waals surface area (Å²) in [6.07, 6.45) is 3.59. The molecular weight excluding hydrogens is 335 g/mol. The second-order valence-corrected chi connectivity index (χ2v) is 6.86. The second-order valence-electron chi connectivity index (χ2n) is 5.95. The topological polar surface area (TPSA) is 26.3 Å². The number of hydrogen-bond acceptors (Lipinski definition) is 2. The fourth-order valence-corrected chi connectivity index (χ4v) is 3.34. The van der Waals surface area contributed by atoms with Gasteiger partial charge >= 0.3 is 0 Å². The zero-order valence-corrected chi connectivity index (χ0v) is 14.2. The highest BCUT2D eigenvalue weighted by Crippen LogP contribution is 2.36. The molecule has 21 heavy (non-hydrogen) atoms. The lowest BCUT2D eigenvalue weighted by Gasteiger charge is -2.38. The van der Waals surface area contributed by atoms with Gasteiger partial charge in [0.15, 0.2) is 5.78 Å². The first-order valence-corrected chi connectivity index (χ1v) is 8.37. The minimum atomic E-state index is -0.708. The van der Waals surface area contributed by atoms with E-state index in [4.69, 9.17) is 4.74 Å². The van der Waals surface area contributed by atoms with Gasteiger partial charge in [-0.05, 0) is 56.2 Å². The Morgan fingerprint density at radius 3 is 2.67 bits per heavy atom. The van der Waals surface area contributed by atoms with E-state index in [9.17, 15) is 9.18 Å². The SMILES string of the molecule is CCOC1(C(=O)Cc2ccc(Br)cc2F)CCC(C)CC1. The molecule has 4 heteroatoms. The Kier molecular flexibility index (Phi) is 5.55. The molecule has 1 fully saturated rings. The fourth-order valence-electron chi connectivity index (χ4n) is 3.01. The molecule has 1 aliphatic rings. The average Bonchev–Trinajstić information content (AvgIpc) is 2.45. The molecule has 0 saturated heterocycles. The molecule has 0 N–H and O–H groups in total. The van der Waals surface area contributed by atoms with Crippen LogP contribution in [0.2, 0.25) is 0 Å². The molecule has 0 atom stereocenters. The Balaban J connectivity index is 2.15. The Morgan fingerprint density at radius 1 is 1.43 bits per heavy atom. The van der Waals surface area contributed by atoms with E-state index in [-0.39, 0.29) is 18.0 Å². The van der Waals surface area contributed by atoms with Gasteiger partial charge in [-0.1, -0.05) is 28.9 Å². The van der Waals surface area contributed by atoms with E-state index in [2.05, 4.69) is 22.9 Å². The van der Waals surface area contributed by atoms with Crippen molar-refractivity contribution in [3.05, 3.63) is 34.1 Å². The first-order chi connectivity index (χ1) is 9.97. The highest BCUT2D eigenvalue weighted by molar-refractivity contribution is 9.10. The van der Waals surface area contributed by atoms with Gasteiger partial charge < -0.3 is 4.74 Å². The first kappa shape index (κ1) is 16.6. The summed E-state index contributed by atoms with van der Waals surface area (Å²) in [5.74, 6) is 0.307. The lowest BCUT2D eigenvalue weighted by Crippen LogP contribution is -2.45. The summed E-state index contributed by atoms with van der Waals surface area (Å²) in [7, 11) is 0. The van der Waals surface area contributed by atoms with Gasteiger partial charge in [0.25, 0.3) is 0 Å². The zero-order valence-electron chi connectivity index (χ0n) is 12.6. The molecule has 1 saturated carbocycles. The van der Waals surface area contributed by atoms with Gasteiger partial charge in [0, 0.05) is 17.5 Å². The third kappa shape index (κ3) is 3.92. The van der Waals surface area contributed by atoms with Crippen molar-refractivity contribution in [1.29, 1.82) is 0 Å². The van der Waals surface area contributed by atoms with Crippen molar-refractivity contribution in [3.63, 3.8) is 0 Å². The van der Waals surface area contributed by atoms with Gasteiger partial charge in [-0.3, -0.25) is 4.79 Å². The van der Waals surface area contributed by atoms with E-state index in [0.29, 0.717) is 22.6 Å². The third-order valence-electron chi connectivity index (χ3n) is 4.38. The predicted octanol–water partition coefficient (Wildman–Crippen LogP) is 4.69. The molecular formula is C17H22BrFO2. The van der Waals surface area contributed by atoms with Gasteiger partial charge in [0.2, 0.25) is 0 Å². The van der Waals surface area contributed by atoms with Crippen LogP contribution in [0.5, 0.6) is 0 Å². The van der Waals surface area contributed by atoms with Crippen LogP contribution in [0.15, 0.2) is 22.7 Å². The molecule has 1 aromatic carbocycles. The van der Waals surface area contributed by atoms with Crippen molar-refractivity contribution in [2.45, 2.75) is 51.6 Å². The summed E-state index contributed by atoms with van der Waals surface area (Å²) >= 11 is 3.23. The van der Waals surface area contributed by atoms with E-state index in [0.717, 1.165) is 25.7 Å². The molecule has 0 aliphatic heterocycles. The van der Waals surface area contributed by atoms with Crippen molar-refractivity contribution >= 4 is 21.7 Å². The minimum Gasteiger partial charge on any atom is -0.367 e. The van der Waals surface area contributed by atoms with Crippen molar-refractivity contribution in [2.75, 3.05) is 6.61 Å². The molecule has 0 amide bonds. The molecule has 0 spiro atoms. The number of Topliss-reactive ketones (excluding diaryl/α,β-unsaturated/α-hetero) is 1. The van der Waals surface area contributed by atoms with E-state index in [1.807, 2.05) is 6.92 Å². The van der Waals surface area contributed by atoms with Crippen LogP contribution in [0, 0.1) is 11.7 Å². The van der Waals surface area contributed by atoms with Crippen LogP contribution in [-0.2, 0) is 16.0 Å². The molecule has 1 aromatic rings. The Hall–Kier alpha value is -0.740. The molecule has 0 bridgehead atoms. The van der Waals surface area contributed by atoms with E-state index in [1.54, 1.807) is 12.1 Å². The van der Waals surface area contributed by atoms with Crippen LogP contribution in [0.4, 0.5) is 4.39 Å². The molecule has 1 aliphatic carbocycles. The smallest absolute Gasteiger partial charge is 0.169 e. The number of halogens is 2. The van der Waals surface area contributed by atoms with Gasteiger partial charge in [-0.15, -0.1) is 0 Å². The fraction of sp³-hybridized carbons (Fsp3) is 0.588. The molecule has 0 unspecified atom stereocenters. The van der Waals surface area contributed by atoms with Crippen LogP contribution in [-0.4, -0.2) is 18.0 Å². The van der Waals surface area contributed by atoms with Crippen LogP contribution in [0.1, 0.15) is 45.1 Å². The number of rotatable bonds is 5. The number of carbonyl (C=O) groups is 1. The molecule has 0 aromatic heterocycles. The number of ether oxygens (including phenoxy) is 1. The lowest BCUT2D eigenvalue weighted by atomic mass is 9.75. The largest absolute Gasteiger partial charge is 0.367 e. The minimum absolute atomic E-state index is 0.0115. The molecule has 0 heterocycles. The molecule has 2 rings (SSSR count). The van der Waals surface area contributed by atoms with Gasteiger partial charge in [0.1, 0.15) is 11.4 Å². The average molecular weight is 357 g/mol. The standard InChI is InChI=1S/C17H22BrFO2/c1-3-21-17(8-6-12(2)7-9-17)16(20)10-13-4-5-14(18)11-15(13)19/h4-5,11-12H,3,6-10H2,1-2H3. The van der Waals surface area contributed by atoms with E-state index in [1.165, 1.54) is 6.07 Å². The maximum absolute atomic E-state index is 13.9. The molecule has 116 valence electrons. The first-order valence-electron chi connectivity index (χ1n) is 7.58. The number of ketones is 1. The van der Waals surface area contributed by atoms with Gasteiger partial charge in [0.05, 0.1) is 0 Å². The van der Waals surface area contributed by atoms with E-state index >= 15 is 0 Å². The number of benzene rings is 1. The maximum Gasteiger partial charge on any atom is 0.169 e. The van der Waals surface area contributed by atoms with Crippen molar-refractivity contribution in [3.8, 4) is 0 Å². The van der Waals surface area contributed by atoms with Crippen LogP contribution in [0.3, 0.4) is 0 Å². The van der Waals surface area contributed by atoms with Crippen LogP contribution in [0.25, 0.3) is 0 Å². The molecule has 2 nitrogen and oxygen atoms in total. The van der Waals surface area contributed by atoms with Gasteiger partial charge in [-0.2, -0.15) is 0 Å². The number of hydrogen-bond donors (Lipinski definition) is 0. The normalized spacial score (nSPS) is 25.8. The summed E-state index contributed by atoms with van der Waals surface area (Å²) < 4.78 is 20.4. The maximum atomic E-state index is 13.9. The number of carbonyl (C=O) groups excluding carboxylic acids is 1. The van der Waals surface area contributed by atoms with Gasteiger partial charge in [-0.25, -0.2) is 4.39 Å². The third-order valence-corrected chi connectivity index (χ3v) is 4.87. The van der Waals surface area contributed by atoms with Crippen molar-refractivity contribution < 1.29 is 13.9 Å². The van der Waals surface area contributed by atoms with E-state index < -0.39 is 5.60 Å². The summed E-state index contributed by atoms with van der Waals surface area (Å²) in [5, 5.41) is 0. The summed E-state index contributed by atoms with van der Waals surface area (Å²) in [5.41, 5.74) is -0.262. The monoisotopic (exact) mass is 356 g/mol. The quantitative estimate of drug-likeness (QED) is 0.765. The second kappa shape index (κ2) is 7.01. The zero-order chi connectivity index (χ0) is 15.5. The highest BCUT2D eigenvalue weighted by Gasteiger charge is 2.41. The summed E-state index contributed by atoms with van der Waals surface area (Å²) in [4.78, 5) is 12.7. The summed E-state index contributed by atoms with van der Waals surface area (Å²) in [6, 6.07) is 4.84. The Morgan fingerprint density at radius 2 is 2.10 bits per heavy atom. The van der Waals surface area contributed by atoms with Crippen molar-refractivity contribution in [1.82, 2.24) is 0 Å². The predicted molar refractivity (Wildman–Crippen MR) is 84.8 cm³/mol. The highest BCUT2D eigenvalue weighted by atomic mass is 79.9. The Labute approximate surface area is 134 Å². The van der Waals surface area contributed by atoms with Crippen LogP contribution >= 0.6 is 15.9 Å².